The number of fused-ring (bicyclic) bond motifs is 6. The number of aliphatic hydroxyl groups excluding tert-OH is 1. The summed E-state index contributed by atoms with van der Waals surface area (Å²) in [4.78, 5) is 2.50. The van der Waals surface area contributed by atoms with E-state index in [1.807, 2.05) is 60.7 Å². The van der Waals surface area contributed by atoms with Crippen LogP contribution in [0.4, 0.5) is 0 Å². The monoisotopic (exact) mass is 943 g/mol. The number of phenols is 1. The van der Waals surface area contributed by atoms with E-state index in [0.29, 0.717) is 12.3 Å². The number of ether oxygens (including phenoxy) is 1. The molecule has 1 heterocycles. The molecule has 0 bridgehead atoms. The van der Waals surface area contributed by atoms with Gasteiger partial charge in [0, 0.05) is 55.3 Å². The van der Waals surface area contributed by atoms with E-state index in [2.05, 4.69) is 174 Å². The van der Waals surface area contributed by atoms with Crippen molar-refractivity contribution in [1.29, 1.82) is 0 Å². The van der Waals surface area contributed by atoms with E-state index in [0.717, 1.165) is 67.5 Å². The molecule has 3 aliphatic rings. The van der Waals surface area contributed by atoms with Gasteiger partial charge < -0.3 is 14.9 Å². The Balaban J connectivity index is 0.000000353. The predicted octanol–water partition coefficient (Wildman–Crippen LogP) is 14.2. The van der Waals surface area contributed by atoms with Crippen molar-refractivity contribution in [2.24, 2.45) is 0 Å². The van der Waals surface area contributed by atoms with Crippen molar-refractivity contribution in [2.45, 2.75) is 70.6 Å². The molecule has 0 amide bonds. The molecule has 0 aromatic heterocycles. The molecule has 347 valence electrons. The molecule has 11 rings (SSSR count). The third-order valence-corrected chi connectivity index (χ3v) is 14.0. The maximum absolute atomic E-state index is 12.4. The molecule has 0 saturated carbocycles. The summed E-state index contributed by atoms with van der Waals surface area (Å²) in [7, 11) is 1.00. The summed E-state index contributed by atoms with van der Waals surface area (Å²) < 4.78 is 6.23. The summed E-state index contributed by atoms with van der Waals surface area (Å²) >= 11 is 0. The third-order valence-electron chi connectivity index (χ3n) is 14.0. The van der Waals surface area contributed by atoms with Gasteiger partial charge in [-0.25, -0.2) is 0 Å². The van der Waals surface area contributed by atoms with Gasteiger partial charge in [0.2, 0.25) is 0 Å². The Bertz CT molecular complexity index is 2830. The second-order valence-corrected chi connectivity index (χ2v) is 18.7. The van der Waals surface area contributed by atoms with Gasteiger partial charge in [0.15, 0.2) is 0 Å². The fourth-order valence-corrected chi connectivity index (χ4v) is 10.8. The van der Waals surface area contributed by atoms with Crippen LogP contribution in [0.1, 0.15) is 93.5 Å². The first-order chi connectivity index (χ1) is 33.0. The molecule has 4 nitrogen and oxygen atoms in total. The van der Waals surface area contributed by atoms with Gasteiger partial charge in [-0.05, 0) is 96.2 Å². The van der Waals surface area contributed by atoms with Crippen LogP contribution in [0.25, 0.3) is 22.3 Å². The predicted molar refractivity (Wildman–Crippen MR) is 282 cm³/mol. The molecular weight excluding hydrogens is 879 g/mol. The molecule has 8 aromatic carbocycles. The van der Waals surface area contributed by atoms with Crippen LogP contribution in [0.5, 0.6) is 5.75 Å². The van der Waals surface area contributed by atoms with Gasteiger partial charge in [0.25, 0.3) is 0 Å². The summed E-state index contributed by atoms with van der Waals surface area (Å²) in [5, 5.41) is 19.4. The molecule has 2 aliphatic carbocycles. The molecule has 1 unspecified atom stereocenters. The molecule has 2 N–H and O–H groups in total. The minimum absolute atomic E-state index is 0. The zero-order chi connectivity index (χ0) is 47.8. The number of nitrogens with zero attached hydrogens (tertiary/aromatic N) is 1. The van der Waals surface area contributed by atoms with Crippen LogP contribution in [0.15, 0.2) is 188 Å². The minimum Gasteiger partial charge on any atom is -0.507 e. The second kappa shape index (κ2) is 22.5. The van der Waals surface area contributed by atoms with Crippen molar-refractivity contribution in [1.82, 2.24) is 4.90 Å². The van der Waals surface area contributed by atoms with Crippen LogP contribution in [0, 0.1) is 27.7 Å². The molecule has 1 atom stereocenters. The van der Waals surface area contributed by atoms with Crippen molar-refractivity contribution >= 4 is 0 Å². The average molecular weight is 944 g/mol. The van der Waals surface area contributed by atoms with E-state index < -0.39 is 5.41 Å². The number of hydrogen-bond donors (Lipinski definition) is 2. The van der Waals surface area contributed by atoms with Gasteiger partial charge in [-0.3, -0.25) is 4.90 Å². The number of benzene rings is 8. The average Bonchev–Trinajstić information content (AvgIpc) is 4.05. The maximum atomic E-state index is 12.4. The number of phenolic OH excluding ortho intramolecular Hbond substituents is 1. The molecule has 1 saturated heterocycles. The standard InChI is InChI=1S/C49H47NO2.2C7H7.CH4O.Ti/c1-32-24-34(28-36(26-32)48(3)42-19-9-5-15-38(42)39-16-6-10-20-43(39)48)29-50(31-37-14-13-23-52-37)30-35-25-33(2)27-46(47(35)51)49(4)44-21-11-7-17-40(44)41-18-8-12-22-45(41)49;2*1-7-5-3-2-4-6-7;1-2;/h5-12,15-22,24-28,37,51H,13-14,23,29-31H2,1-4H3;2*2-6H,1H2;2H,1H3;/q;2*-1;;+3. The largest absolute Gasteiger partial charge is 3.00 e. The summed E-state index contributed by atoms with van der Waals surface area (Å²) in [5.41, 5.74) is 18.8. The van der Waals surface area contributed by atoms with E-state index in [4.69, 9.17) is 9.84 Å². The van der Waals surface area contributed by atoms with Gasteiger partial charge in [-0.2, -0.15) is 49.2 Å². The summed E-state index contributed by atoms with van der Waals surface area (Å²) in [6.07, 6.45) is 2.35. The number of aromatic hydroxyl groups is 1. The first-order valence-corrected chi connectivity index (χ1v) is 23.9. The Hall–Kier alpha value is -6.11. The SMILES string of the molecule is CO.Cc1cc(CN(Cc2cc(C)cc(C3(C)c4ccccc4-c4ccccc43)c2O)CC2CCCO2)cc(C2(C)c3ccccc3-c3ccccc32)c1.[CH2-]c1ccccc1.[CH2-]c1ccccc1.[Ti+3]. The Morgan fingerprint density at radius 1 is 0.536 bits per heavy atom. The quantitative estimate of drug-likeness (QED) is 0.118. The molecule has 5 heteroatoms. The summed E-state index contributed by atoms with van der Waals surface area (Å²) in [6, 6.07) is 66.5. The molecule has 0 spiro atoms. The number of aliphatic hydroxyl groups is 1. The van der Waals surface area contributed by atoms with E-state index in [9.17, 15) is 5.11 Å². The van der Waals surface area contributed by atoms with Gasteiger partial charge >= 0.3 is 21.7 Å². The van der Waals surface area contributed by atoms with Crippen molar-refractivity contribution in [2.75, 3.05) is 20.3 Å². The van der Waals surface area contributed by atoms with Gasteiger partial charge in [0.1, 0.15) is 5.75 Å². The second-order valence-electron chi connectivity index (χ2n) is 18.7. The summed E-state index contributed by atoms with van der Waals surface area (Å²) in [5.74, 6) is 0.397. The smallest absolute Gasteiger partial charge is 0.507 e. The number of rotatable bonds is 8. The van der Waals surface area contributed by atoms with Crippen molar-refractivity contribution in [3.63, 3.8) is 0 Å². The van der Waals surface area contributed by atoms with Crippen LogP contribution >= 0.6 is 0 Å². The van der Waals surface area contributed by atoms with Gasteiger partial charge in [-0.1, -0.05) is 151 Å². The fourth-order valence-electron chi connectivity index (χ4n) is 10.8. The Labute approximate surface area is 426 Å². The van der Waals surface area contributed by atoms with E-state index >= 15 is 0 Å². The third kappa shape index (κ3) is 10.6. The van der Waals surface area contributed by atoms with E-state index in [-0.39, 0.29) is 33.2 Å². The van der Waals surface area contributed by atoms with Crippen LogP contribution in [0.2, 0.25) is 0 Å². The fraction of sp³-hybridized carbons (Fsp3) is 0.219. The number of hydrogen-bond acceptors (Lipinski definition) is 4. The molecule has 69 heavy (non-hydrogen) atoms. The van der Waals surface area contributed by atoms with Crippen LogP contribution in [-0.4, -0.2) is 41.5 Å². The summed E-state index contributed by atoms with van der Waals surface area (Å²) in [6.45, 7) is 19.5. The zero-order valence-electron chi connectivity index (χ0n) is 40.9. The van der Waals surface area contributed by atoms with E-state index in [1.165, 1.54) is 61.2 Å². The molecular formula is C64H65NO3Ti+. The Morgan fingerprint density at radius 3 is 1.41 bits per heavy atom. The van der Waals surface area contributed by atoms with Gasteiger partial charge in [-0.15, -0.1) is 24.3 Å². The van der Waals surface area contributed by atoms with Crippen LogP contribution < -0.4 is 0 Å². The molecule has 1 aliphatic heterocycles. The van der Waals surface area contributed by atoms with Crippen molar-refractivity contribution in [3.8, 4) is 28.0 Å². The molecule has 1 radical (unpaired) electrons. The normalized spacial score (nSPS) is 15.0. The Morgan fingerprint density at radius 2 is 0.971 bits per heavy atom. The first kappa shape index (κ1) is 50.8. The maximum Gasteiger partial charge on any atom is 3.00 e. The van der Waals surface area contributed by atoms with Gasteiger partial charge in [0.05, 0.1) is 6.10 Å². The van der Waals surface area contributed by atoms with Crippen molar-refractivity contribution < 1.29 is 36.7 Å². The minimum atomic E-state index is -0.466. The zero-order valence-corrected chi connectivity index (χ0v) is 42.4. The van der Waals surface area contributed by atoms with E-state index in [1.54, 1.807) is 0 Å². The first-order valence-electron chi connectivity index (χ1n) is 23.9. The number of aryl methyl sites for hydroxylation is 2. The topological polar surface area (TPSA) is 52.9 Å². The molecule has 1 fully saturated rings. The van der Waals surface area contributed by atoms with Crippen LogP contribution in [0.3, 0.4) is 0 Å². The Kier molecular flexibility index (Phi) is 16.6. The van der Waals surface area contributed by atoms with Crippen LogP contribution in [-0.2, 0) is 50.4 Å². The van der Waals surface area contributed by atoms with Crippen molar-refractivity contribution in [3.05, 3.63) is 269 Å². The molecule has 8 aromatic rings.